The molecule has 7 heteroatoms. The Morgan fingerprint density at radius 1 is 1.43 bits per heavy atom. The molecule has 1 N–H and O–H groups in total. The number of rotatable bonds is 5. The van der Waals surface area contributed by atoms with Crippen LogP contribution in [-0.2, 0) is 11.3 Å². The number of hydrogen-bond donors (Lipinski definition) is 1. The van der Waals surface area contributed by atoms with E-state index >= 15 is 0 Å². The van der Waals surface area contributed by atoms with Crippen LogP contribution in [0.4, 0.5) is 4.79 Å². The summed E-state index contributed by atoms with van der Waals surface area (Å²) in [6.07, 6.45) is 3.90. The zero-order valence-electron chi connectivity index (χ0n) is 13.2. The number of urea groups is 1. The van der Waals surface area contributed by atoms with Crippen molar-refractivity contribution in [3.05, 3.63) is 42.2 Å². The van der Waals surface area contributed by atoms with Crippen LogP contribution in [0.1, 0.15) is 18.5 Å². The summed E-state index contributed by atoms with van der Waals surface area (Å²) in [5, 5.41) is 11.5. The van der Waals surface area contributed by atoms with E-state index in [2.05, 4.69) is 15.5 Å². The topological polar surface area (TPSA) is 72.3 Å². The Hall–Kier alpha value is -2.41. The maximum atomic E-state index is 12.1. The molecule has 1 fully saturated rings. The lowest BCUT2D eigenvalue weighted by Crippen LogP contribution is -2.40. The lowest BCUT2D eigenvalue weighted by Gasteiger charge is -2.18. The van der Waals surface area contributed by atoms with Crippen LogP contribution >= 0.6 is 0 Å². The van der Waals surface area contributed by atoms with Gasteiger partial charge in [0.1, 0.15) is 5.69 Å². The predicted octanol–water partition coefficient (Wildman–Crippen LogP) is 1.59. The smallest absolute Gasteiger partial charge is 0.317 e. The van der Waals surface area contributed by atoms with Crippen molar-refractivity contribution < 1.29 is 9.53 Å². The molecule has 0 radical (unpaired) electrons. The third-order valence-electron chi connectivity index (χ3n) is 3.78. The van der Waals surface area contributed by atoms with Gasteiger partial charge in [-0.05, 0) is 25.0 Å². The number of nitrogens with one attached hydrogen (secondary N) is 1. The fourth-order valence-corrected chi connectivity index (χ4v) is 2.51. The highest BCUT2D eigenvalue weighted by molar-refractivity contribution is 5.73. The van der Waals surface area contributed by atoms with Crippen molar-refractivity contribution in [2.24, 2.45) is 0 Å². The molecule has 0 bridgehead atoms. The van der Waals surface area contributed by atoms with Gasteiger partial charge >= 0.3 is 6.03 Å². The quantitative estimate of drug-likeness (QED) is 0.909. The maximum absolute atomic E-state index is 12.1. The SMILES string of the molecule is CN(Cc1cnn(-c2ccccc2)n1)C(=O)NC[C@@H]1CCCO1. The molecule has 3 rings (SSSR count). The van der Waals surface area contributed by atoms with E-state index < -0.39 is 0 Å². The fourth-order valence-electron chi connectivity index (χ4n) is 2.51. The molecule has 2 amide bonds. The number of ether oxygens (including phenoxy) is 1. The van der Waals surface area contributed by atoms with Crippen LogP contribution in [-0.4, -0.2) is 52.2 Å². The van der Waals surface area contributed by atoms with E-state index in [-0.39, 0.29) is 12.1 Å². The molecule has 2 heterocycles. The van der Waals surface area contributed by atoms with E-state index in [1.165, 1.54) is 0 Å². The molecule has 1 aliphatic rings. The highest BCUT2D eigenvalue weighted by atomic mass is 16.5. The van der Waals surface area contributed by atoms with Crippen LogP contribution in [0.5, 0.6) is 0 Å². The minimum absolute atomic E-state index is 0.130. The second-order valence-electron chi connectivity index (χ2n) is 5.64. The van der Waals surface area contributed by atoms with Crippen LogP contribution in [0.15, 0.2) is 36.5 Å². The lowest BCUT2D eigenvalue weighted by molar-refractivity contribution is 0.109. The van der Waals surface area contributed by atoms with Crippen molar-refractivity contribution >= 4 is 6.03 Å². The molecule has 1 aliphatic heterocycles. The largest absolute Gasteiger partial charge is 0.376 e. The van der Waals surface area contributed by atoms with Crippen molar-refractivity contribution in [3.8, 4) is 5.69 Å². The third-order valence-corrected chi connectivity index (χ3v) is 3.78. The van der Waals surface area contributed by atoms with Crippen LogP contribution < -0.4 is 5.32 Å². The van der Waals surface area contributed by atoms with E-state index in [9.17, 15) is 4.79 Å². The molecule has 7 nitrogen and oxygen atoms in total. The molecule has 1 saturated heterocycles. The van der Waals surface area contributed by atoms with E-state index in [1.807, 2.05) is 30.3 Å². The maximum Gasteiger partial charge on any atom is 0.317 e. The molecular formula is C16H21N5O2. The van der Waals surface area contributed by atoms with E-state index in [0.717, 1.165) is 30.8 Å². The van der Waals surface area contributed by atoms with Crippen LogP contribution in [0.3, 0.4) is 0 Å². The van der Waals surface area contributed by atoms with Gasteiger partial charge in [-0.25, -0.2) is 4.79 Å². The van der Waals surface area contributed by atoms with Gasteiger partial charge < -0.3 is 15.0 Å². The zero-order chi connectivity index (χ0) is 16.1. The van der Waals surface area contributed by atoms with Gasteiger partial charge in [-0.1, -0.05) is 18.2 Å². The van der Waals surface area contributed by atoms with Crippen molar-refractivity contribution in [1.82, 2.24) is 25.2 Å². The van der Waals surface area contributed by atoms with Crippen molar-refractivity contribution in [3.63, 3.8) is 0 Å². The summed E-state index contributed by atoms with van der Waals surface area (Å²) >= 11 is 0. The Bertz CT molecular complexity index is 637. The first-order chi connectivity index (χ1) is 11.2. The fraction of sp³-hybridized carbons (Fsp3) is 0.438. The summed E-state index contributed by atoms with van der Waals surface area (Å²) in [4.78, 5) is 15.2. The molecule has 0 spiro atoms. The molecule has 1 aromatic heterocycles. The van der Waals surface area contributed by atoms with Gasteiger partial charge in [0.05, 0.1) is 24.5 Å². The molecule has 1 aromatic carbocycles. The minimum Gasteiger partial charge on any atom is -0.376 e. The number of para-hydroxylation sites is 1. The second kappa shape index (κ2) is 7.23. The average Bonchev–Trinajstić information content (AvgIpc) is 3.25. The standard InChI is InChI=1S/C16H21N5O2/c1-20(16(22)17-11-15-8-5-9-23-15)12-13-10-18-21(19-13)14-6-3-2-4-7-14/h2-4,6-7,10,15H,5,8-9,11-12H2,1H3,(H,17,22)/t15-/m0/s1. The first-order valence-electron chi connectivity index (χ1n) is 7.79. The number of hydrogen-bond acceptors (Lipinski definition) is 4. The summed E-state index contributed by atoms with van der Waals surface area (Å²) in [5.74, 6) is 0. The van der Waals surface area contributed by atoms with Crippen LogP contribution in [0.25, 0.3) is 5.69 Å². The van der Waals surface area contributed by atoms with Crippen LogP contribution in [0.2, 0.25) is 0 Å². The van der Waals surface area contributed by atoms with Gasteiger partial charge in [0.15, 0.2) is 0 Å². The number of carbonyl (C=O) groups excluding carboxylic acids is 1. The van der Waals surface area contributed by atoms with Gasteiger partial charge in [0.2, 0.25) is 0 Å². The van der Waals surface area contributed by atoms with Gasteiger partial charge in [0.25, 0.3) is 0 Å². The third kappa shape index (κ3) is 4.07. The molecule has 0 aliphatic carbocycles. The van der Waals surface area contributed by atoms with Gasteiger partial charge in [-0.2, -0.15) is 15.0 Å². The first kappa shape index (κ1) is 15.5. The lowest BCUT2D eigenvalue weighted by atomic mass is 10.2. The highest BCUT2D eigenvalue weighted by Gasteiger charge is 2.18. The summed E-state index contributed by atoms with van der Waals surface area (Å²) in [7, 11) is 1.74. The molecule has 0 unspecified atom stereocenters. The Balaban J connectivity index is 1.52. The number of aromatic nitrogens is 3. The van der Waals surface area contributed by atoms with Crippen LogP contribution in [0, 0.1) is 0 Å². The molecule has 2 aromatic rings. The number of benzene rings is 1. The average molecular weight is 315 g/mol. The minimum atomic E-state index is -0.130. The van der Waals surface area contributed by atoms with Crippen molar-refractivity contribution in [2.75, 3.05) is 20.2 Å². The predicted molar refractivity (Wildman–Crippen MR) is 85.2 cm³/mol. The summed E-state index contributed by atoms with van der Waals surface area (Å²) < 4.78 is 5.49. The van der Waals surface area contributed by atoms with Gasteiger partial charge in [-0.3, -0.25) is 0 Å². The van der Waals surface area contributed by atoms with Crippen molar-refractivity contribution in [2.45, 2.75) is 25.5 Å². The highest BCUT2D eigenvalue weighted by Crippen LogP contribution is 2.11. The van der Waals surface area contributed by atoms with Gasteiger partial charge in [-0.15, -0.1) is 0 Å². The summed E-state index contributed by atoms with van der Waals surface area (Å²) in [6.45, 7) is 1.75. The molecule has 0 saturated carbocycles. The van der Waals surface area contributed by atoms with Gasteiger partial charge in [0, 0.05) is 20.2 Å². The zero-order valence-corrected chi connectivity index (χ0v) is 13.2. The van der Waals surface area contributed by atoms with E-state index in [4.69, 9.17) is 4.74 Å². The second-order valence-corrected chi connectivity index (χ2v) is 5.64. The summed E-state index contributed by atoms with van der Waals surface area (Å²) in [6, 6.07) is 9.55. The monoisotopic (exact) mass is 315 g/mol. The Morgan fingerprint density at radius 2 is 2.26 bits per heavy atom. The van der Waals surface area contributed by atoms with Crippen molar-refractivity contribution in [1.29, 1.82) is 0 Å². The molecular weight excluding hydrogens is 294 g/mol. The molecule has 23 heavy (non-hydrogen) atoms. The normalized spacial score (nSPS) is 17.2. The number of nitrogens with zero attached hydrogens (tertiary/aromatic N) is 4. The Morgan fingerprint density at radius 3 is 3.00 bits per heavy atom. The van der Waals surface area contributed by atoms with E-state index in [0.29, 0.717) is 13.1 Å². The first-order valence-corrected chi connectivity index (χ1v) is 7.79. The number of amides is 2. The molecule has 1 atom stereocenters. The Labute approximate surface area is 135 Å². The van der Waals surface area contributed by atoms with E-state index in [1.54, 1.807) is 22.9 Å². The summed E-state index contributed by atoms with van der Waals surface area (Å²) in [5.41, 5.74) is 1.63. The molecule has 122 valence electrons. The Kier molecular flexibility index (Phi) is 4.87. The number of carbonyl (C=O) groups is 1.